The second-order valence-corrected chi connectivity index (χ2v) is 4.77. The molecule has 0 fully saturated rings. The minimum atomic E-state index is -0.371. The van der Waals surface area contributed by atoms with Gasteiger partial charge in [-0.2, -0.15) is 5.26 Å². The van der Waals surface area contributed by atoms with Crippen LogP contribution in [0.1, 0.15) is 20.3 Å². The van der Waals surface area contributed by atoms with Crippen LogP contribution in [0.3, 0.4) is 0 Å². The molecule has 2 nitrogen and oxygen atoms in total. The summed E-state index contributed by atoms with van der Waals surface area (Å²) in [6.45, 7) is 4.35. The van der Waals surface area contributed by atoms with Gasteiger partial charge in [-0.1, -0.05) is 11.6 Å². The monoisotopic (exact) mass is 240 g/mol. The highest BCUT2D eigenvalue weighted by molar-refractivity contribution is 6.30. The van der Waals surface area contributed by atoms with Gasteiger partial charge in [0.1, 0.15) is 5.82 Å². The Labute approximate surface area is 100 Å². The molecule has 0 saturated heterocycles. The molecule has 86 valence electrons. The van der Waals surface area contributed by atoms with Gasteiger partial charge in [0.05, 0.1) is 11.5 Å². The van der Waals surface area contributed by atoms with Crippen molar-refractivity contribution in [3.63, 3.8) is 0 Å². The molecular formula is C12H14ClFN2. The van der Waals surface area contributed by atoms with Crippen molar-refractivity contribution in [2.45, 2.75) is 20.3 Å². The number of nitrogens with one attached hydrogen (secondary N) is 1. The molecule has 0 aromatic heterocycles. The summed E-state index contributed by atoms with van der Waals surface area (Å²) >= 11 is 5.71. The summed E-state index contributed by atoms with van der Waals surface area (Å²) in [6.07, 6.45) is 0.692. The maximum Gasteiger partial charge on any atom is 0.126 e. The predicted molar refractivity (Wildman–Crippen MR) is 63.9 cm³/mol. The van der Waals surface area contributed by atoms with E-state index in [-0.39, 0.29) is 11.2 Å². The van der Waals surface area contributed by atoms with Gasteiger partial charge in [0.25, 0.3) is 0 Å². The third-order valence-electron chi connectivity index (χ3n) is 2.24. The number of nitriles is 1. The maximum atomic E-state index is 13.0. The Bertz CT molecular complexity index is 390. The SMILES string of the molecule is CC(C)(C#N)CCNc1cc(F)cc(Cl)c1. The number of nitrogens with zero attached hydrogens (tertiary/aromatic N) is 1. The summed E-state index contributed by atoms with van der Waals surface area (Å²) in [5.41, 5.74) is 0.267. The smallest absolute Gasteiger partial charge is 0.126 e. The van der Waals surface area contributed by atoms with Crippen LogP contribution in [0.25, 0.3) is 0 Å². The molecule has 0 atom stereocenters. The molecule has 0 aliphatic carbocycles. The van der Waals surface area contributed by atoms with E-state index in [0.29, 0.717) is 23.7 Å². The summed E-state index contributed by atoms with van der Waals surface area (Å²) in [6, 6.07) is 6.50. The first-order valence-corrected chi connectivity index (χ1v) is 5.42. The quantitative estimate of drug-likeness (QED) is 0.868. The first-order valence-electron chi connectivity index (χ1n) is 5.04. The molecular weight excluding hydrogens is 227 g/mol. The maximum absolute atomic E-state index is 13.0. The Hall–Kier alpha value is -1.27. The van der Waals surface area contributed by atoms with Crippen LogP contribution in [0.15, 0.2) is 18.2 Å². The van der Waals surface area contributed by atoms with E-state index in [0.717, 1.165) is 0 Å². The minimum absolute atomic E-state index is 0.363. The standard InChI is InChI=1S/C12H14ClFN2/c1-12(2,8-15)3-4-16-11-6-9(13)5-10(14)7-11/h5-7,16H,3-4H2,1-2H3. The van der Waals surface area contributed by atoms with Crippen molar-refractivity contribution in [1.82, 2.24) is 0 Å². The van der Waals surface area contributed by atoms with E-state index in [9.17, 15) is 4.39 Å². The molecule has 0 heterocycles. The number of hydrogen-bond donors (Lipinski definition) is 1. The van der Waals surface area contributed by atoms with Gasteiger partial charge in [0, 0.05) is 17.3 Å². The van der Waals surface area contributed by atoms with E-state index in [1.807, 2.05) is 13.8 Å². The van der Waals surface area contributed by atoms with Gasteiger partial charge in [0.15, 0.2) is 0 Å². The number of hydrogen-bond acceptors (Lipinski definition) is 2. The van der Waals surface area contributed by atoms with Gasteiger partial charge in [0.2, 0.25) is 0 Å². The molecule has 1 rings (SSSR count). The Morgan fingerprint density at radius 2 is 2.12 bits per heavy atom. The van der Waals surface area contributed by atoms with Crippen LogP contribution in [-0.2, 0) is 0 Å². The van der Waals surface area contributed by atoms with E-state index in [1.165, 1.54) is 12.1 Å². The third-order valence-corrected chi connectivity index (χ3v) is 2.46. The van der Waals surface area contributed by atoms with Crippen molar-refractivity contribution in [2.75, 3.05) is 11.9 Å². The Morgan fingerprint density at radius 3 is 2.69 bits per heavy atom. The molecule has 0 aliphatic heterocycles. The summed E-state index contributed by atoms with van der Waals surface area (Å²) in [4.78, 5) is 0. The highest BCUT2D eigenvalue weighted by Gasteiger charge is 2.15. The van der Waals surface area contributed by atoms with Crippen molar-refractivity contribution >= 4 is 17.3 Å². The fourth-order valence-electron chi connectivity index (χ4n) is 1.23. The van der Waals surface area contributed by atoms with Crippen molar-refractivity contribution in [3.8, 4) is 6.07 Å². The van der Waals surface area contributed by atoms with Crippen LogP contribution >= 0.6 is 11.6 Å². The van der Waals surface area contributed by atoms with E-state index >= 15 is 0 Å². The summed E-state index contributed by atoms with van der Waals surface area (Å²) in [7, 11) is 0. The first-order chi connectivity index (χ1) is 7.43. The second-order valence-electron chi connectivity index (χ2n) is 4.33. The van der Waals surface area contributed by atoms with Crippen LogP contribution in [0.4, 0.5) is 10.1 Å². The Balaban J connectivity index is 2.53. The molecule has 0 unspecified atom stereocenters. The van der Waals surface area contributed by atoms with Crippen LogP contribution in [0.2, 0.25) is 5.02 Å². The molecule has 0 amide bonds. The van der Waals surface area contributed by atoms with Gasteiger partial charge in [-0.15, -0.1) is 0 Å². The summed E-state index contributed by atoms with van der Waals surface area (Å²) in [5, 5.41) is 12.2. The molecule has 1 aromatic rings. The van der Waals surface area contributed by atoms with Crippen molar-refractivity contribution in [2.24, 2.45) is 5.41 Å². The van der Waals surface area contributed by atoms with E-state index in [1.54, 1.807) is 6.07 Å². The second kappa shape index (κ2) is 5.18. The molecule has 0 aliphatic rings. The van der Waals surface area contributed by atoms with Gasteiger partial charge in [-0.25, -0.2) is 4.39 Å². The lowest BCUT2D eigenvalue weighted by molar-refractivity contribution is 0.466. The predicted octanol–water partition coefficient (Wildman–Crippen LogP) is 3.83. The van der Waals surface area contributed by atoms with E-state index in [2.05, 4.69) is 11.4 Å². The van der Waals surface area contributed by atoms with Crippen LogP contribution < -0.4 is 5.32 Å². The molecule has 0 bridgehead atoms. The normalized spacial score (nSPS) is 10.9. The lowest BCUT2D eigenvalue weighted by Crippen LogP contribution is -2.14. The molecule has 1 N–H and O–H groups in total. The van der Waals surface area contributed by atoms with Gasteiger partial charge in [-0.05, 0) is 38.5 Å². The first kappa shape index (κ1) is 12.8. The zero-order valence-corrected chi connectivity index (χ0v) is 10.1. The van der Waals surface area contributed by atoms with Crippen molar-refractivity contribution < 1.29 is 4.39 Å². The van der Waals surface area contributed by atoms with Gasteiger partial charge < -0.3 is 5.32 Å². The number of halogens is 2. The van der Waals surface area contributed by atoms with Crippen LogP contribution in [0, 0.1) is 22.6 Å². The lowest BCUT2D eigenvalue weighted by atomic mass is 9.91. The van der Waals surface area contributed by atoms with E-state index in [4.69, 9.17) is 16.9 Å². The van der Waals surface area contributed by atoms with Crippen LogP contribution in [0.5, 0.6) is 0 Å². The highest BCUT2D eigenvalue weighted by atomic mass is 35.5. The zero-order chi connectivity index (χ0) is 12.2. The molecule has 0 saturated carbocycles. The fourth-order valence-corrected chi connectivity index (χ4v) is 1.45. The summed E-state index contributed by atoms with van der Waals surface area (Å²) in [5.74, 6) is -0.366. The largest absolute Gasteiger partial charge is 0.385 e. The average molecular weight is 241 g/mol. The average Bonchev–Trinajstić information content (AvgIpc) is 2.16. The van der Waals surface area contributed by atoms with Crippen molar-refractivity contribution in [1.29, 1.82) is 5.26 Å². The Morgan fingerprint density at radius 1 is 1.44 bits per heavy atom. The molecule has 16 heavy (non-hydrogen) atoms. The highest BCUT2D eigenvalue weighted by Crippen LogP contribution is 2.21. The van der Waals surface area contributed by atoms with Gasteiger partial charge in [-0.3, -0.25) is 0 Å². The number of anilines is 1. The summed E-state index contributed by atoms with van der Waals surface area (Å²) < 4.78 is 13.0. The fraction of sp³-hybridized carbons (Fsp3) is 0.417. The minimum Gasteiger partial charge on any atom is -0.385 e. The van der Waals surface area contributed by atoms with Crippen LogP contribution in [-0.4, -0.2) is 6.54 Å². The number of benzene rings is 1. The Kier molecular flexibility index (Phi) is 4.14. The molecule has 0 radical (unpaired) electrons. The molecule has 1 aromatic carbocycles. The van der Waals surface area contributed by atoms with Gasteiger partial charge >= 0.3 is 0 Å². The molecule has 4 heteroatoms. The lowest BCUT2D eigenvalue weighted by Gasteiger charge is -2.15. The van der Waals surface area contributed by atoms with E-state index < -0.39 is 0 Å². The molecule has 0 spiro atoms. The van der Waals surface area contributed by atoms with Crippen molar-refractivity contribution in [3.05, 3.63) is 29.0 Å². The third kappa shape index (κ3) is 4.08. The topological polar surface area (TPSA) is 35.8 Å². The number of rotatable bonds is 4. The zero-order valence-electron chi connectivity index (χ0n) is 9.35.